The summed E-state index contributed by atoms with van der Waals surface area (Å²) in [5.41, 5.74) is 1.60. The van der Waals surface area contributed by atoms with Crippen molar-refractivity contribution in [3.63, 3.8) is 0 Å². The van der Waals surface area contributed by atoms with E-state index in [4.69, 9.17) is 20.8 Å². The normalized spacial score (nSPS) is 10.2. The van der Waals surface area contributed by atoms with Gasteiger partial charge in [0.25, 0.3) is 0 Å². The Balaban J connectivity index is 2.11. The maximum atomic E-state index is 11.8. The van der Waals surface area contributed by atoms with Gasteiger partial charge in [0.2, 0.25) is 5.91 Å². The minimum absolute atomic E-state index is 0.172. The molecule has 122 valence electrons. The highest BCUT2D eigenvalue weighted by molar-refractivity contribution is 6.33. The Labute approximate surface area is 138 Å². The van der Waals surface area contributed by atoms with Crippen molar-refractivity contribution in [3.8, 4) is 0 Å². The molecule has 0 aliphatic carbocycles. The lowest BCUT2D eigenvalue weighted by atomic mass is 10.2. The summed E-state index contributed by atoms with van der Waals surface area (Å²) in [6, 6.07) is 6.64. The number of carbonyl (C=O) groups excluding carboxylic acids is 2. The van der Waals surface area contributed by atoms with Crippen molar-refractivity contribution in [1.82, 2.24) is 0 Å². The number of furan rings is 1. The van der Waals surface area contributed by atoms with E-state index < -0.39 is 5.97 Å². The van der Waals surface area contributed by atoms with Crippen LogP contribution in [0.5, 0.6) is 0 Å². The lowest BCUT2D eigenvalue weighted by Gasteiger charge is -2.10. The van der Waals surface area contributed by atoms with Gasteiger partial charge in [-0.3, -0.25) is 4.79 Å². The van der Waals surface area contributed by atoms with Gasteiger partial charge in [0.15, 0.2) is 0 Å². The van der Waals surface area contributed by atoms with Crippen molar-refractivity contribution in [2.24, 2.45) is 0 Å². The number of hydrogen-bond acceptors (Lipinski definition) is 5. The predicted octanol–water partition coefficient (Wildman–Crippen LogP) is 3.68. The first-order chi connectivity index (χ1) is 11.0. The van der Waals surface area contributed by atoms with Gasteiger partial charge in [-0.2, -0.15) is 0 Å². The van der Waals surface area contributed by atoms with Crippen LogP contribution in [0.3, 0.4) is 0 Å². The minimum atomic E-state index is -0.434. The molecule has 0 unspecified atom stereocenters. The number of benzene rings is 1. The summed E-state index contributed by atoms with van der Waals surface area (Å²) in [6.45, 7) is 3.71. The molecule has 0 saturated heterocycles. The second-order valence-electron chi connectivity index (χ2n) is 4.71. The maximum Gasteiger partial charge on any atom is 0.341 e. The molecule has 0 saturated carbocycles. The van der Waals surface area contributed by atoms with Gasteiger partial charge in [0.05, 0.1) is 30.1 Å². The van der Waals surface area contributed by atoms with Gasteiger partial charge in [0, 0.05) is 12.6 Å². The van der Waals surface area contributed by atoms with Crippen LogP contribution in [-0.2, 0) is 16.1 Å². The number of halogens is 1. The Kier molecular flexibility index (Phi) is 5.65. The van der Waals surface area contributed by atoms with Crippen LogP contribution in [0.4, 0.5) is 11.4 Å². The van der Waals surface area contributed by atoms with E-state index in [-0.39, 0.29) is 12.5 Å². The molecule has 0 spiro atoms. The van der Waals surface area contributed by atoms with E-state index in [0.717, 1.165) is 0 Å². The van der Waals surface area contributed by atoms with Crippen LogP contribution in [0.2, 0.25) is 5.02 Å². The quantitative estimate of drug-likeness (QED) is 0.786. The van der Waals surface area contributed by atoms with Crippen molar-refractivity contribution in [2.75, 3.05) is 17.2 Å². The fourth-order valence-electron chi connectivity index (χ4n) is 1.99. The van der Waals surface area contributed by atoms with Crippen molar-refractivity contribution >= 4 is 34.9 Å². The highest BCUT2D eigenvalue weighted by atomic mass is 35.5. The zero-order chi connectivity index (χ0) is 16.8. The van der Waals surface area contributed by atoms with E-state index in [0.29, 0.717) is 34.3 Å². The highest BCUT2D eigenvalue weighted by Crippen LogP contribution is 2.26. The number of carbonyl (C=O) groups is 2. The first-order valence-electron chi connectivity index (χ1n) is 7.05. The van der Waals surface area contributed by atoms with Gasteiger partial charge < -0.3 is 19.8 Å². The summed E-state index contributed by atoms with van der Waals surface area (Å²) in [5.74, 6) is -0.158. The van der Waals surface area contributed by atoms with Gasteiger partial charge in [-0.15, -0.1) is 0 Å². The summed E-state index contributed by atoms with van der Waals surface area (Å²) in [5, 5.41) is 6.25. The molecule has 0 aliphatic rings. The minimum Gasteiger partial charge on any atom is -0.467 e. The van der Waals surface area contributed by atoms with E-state index in [9.17, 15) is 9.59 Å². The zero-order valence-electron chi connectivity index (χ0n) is 12.8. The number of rotatable bonds is 6. The molecule has 0 radical (unpaired) electrons. The first kappa shape index (κ1) is 16.9. The summed E-state index contributed by atoms with van der Waals surface area (Å²) >= 11 is 6.13. The van der Waals surface area contributed by atoms with Crippen LogP contribution in [-0.4, -0.2) is 18.5 Å². The Hall–Kier alpha value is -2.47. The number of ether oxygens (including phenoxy) is 1. The molecule has 1 aromatic heterocycles. The summed E-state index contributed by atoms with van der Waals surface area (Å²) in [6.07, 6.45) is 1.43. The molecule has 2 N–H and O–H groups in total. The smallest absolute Gasteiger partial charge is 0.341 e. The fraction of sp³-hybridized carbons (Fsp3) is 0.250. The second kappa shape index (κ2) is 7.69. The standard InChI is InChI=1S/C16H17ClN2O4/c1-3-22-16(21)12-6-7-23-15(12)9-18-14-8-11(19-10(2)20)4-5-13(14)17/h4-8,18H,3,9H2,1-2H3,(H,19,20). The van der Waals surface area contributed by atoms with Crippen LogP contribution in [0.25, 0.3) is 0 Å². The van der Waals surface area contributed by atoms with Crippen molar-refractivity contribution in [1.29, 1.82) is 0 Å². The Morgan fingerprint density at radius 3 is 2.78 bits per heavy atom. The highest BCUT2D eigenvalue weighted by Gasteiger charge is 2.15. The lowest BCUT2D eigenvalue weighted by Crippen LogP contribution is -2.09. The molecule has 0 aliphatic heterocycles. The zero-order valence-corrected chi connectivity index (χ0v) is 13.6. The number of nitrogens with one attached hydrogen (secondary N) is 2. The maximum absolute atomic E-state index is 11.8. The molecule has 2 aromatic rings. The van der Waals surface area contributed by atoms with Crippen LogP contribution < -0.4 is 10.6 Å². The van der Waals surface area contributed by atoms with Crippen molar-refractivity contribution in [3.05, 3.63) is 46.9 Å². The summed E-state index contributed by atoms with van der Waals surface area (Å²) in [4.78, 5) is 22.9. The van der Waals surface area contributed by atoms with E-state index in [1.54, 1.807) is 31.2 Å². The molecule has 1 aromatic carbocycles. The molecule has 0 bridgehead atoms. The summed E-state index contributed by atoms with van der Waals surface area (Å²) < 4.78 is 10.3. The number of anilines is 2. The third kappa shape index (κ3) is 4.50. The van der Waals surface area contributed by atoms with Gasteiger partial charge in [-0.05, 0) is 31.2 Å². The Bertz CT molecular complexity index is 712. The largest absolute Gasteiger partial charge is 0.467 e. The lowest BCUT2D eigenvalue weighted by molar-refractivity contribution is -0.114. The SMILES string of the molecule is CCOC(=O)c1ccoc1CNc1cc(NC(C)=O)ccc1Cl. The topological polar surface area (TPSA) is 80.6 Å². The molecular formula is C16H17ClN2O4. The number of hydrogen-bond donors (Lipinski definition) is 2. The molecule has 23 heavy (non-hydrogen) atoms. The van der Waals surface area contributed by atoms with Crippen LogP contribution >= 0.6 is 11.6 Å². The molecule has 0 fully saturated rings. The molecule has 1 heterocycles. The molecule has 0 atom stereocenters. The molecule has 6 nitrogen and oxygen atoms in total. The average molecular weight is 337 g/mol. The van der Waals surface area contributed by atoms with Crippen LogP contribution in [0.1, 0.15) is 30.0 Å². The number of esters is 1. The average Bonchev–Trinajstić information content (AvgIpc) is 2.96. The van der Waals surface area contributed by atoms with Gasteiger partial charge in [-0.25, -0.2) is 4.79 Å². The molecular weight excluding hydrogens is 320 g/mol. The Morgan fingerprint density at radius 2 is 2.09 bits per heavy atom. The van der Waals surface area contributed by atoms with E-state index in [1.165, 1.54) is 13.2 Å². The third-order valence-corrected chi connectivity index (χ3v) is 3.30. The first-order valence-corrected chi connectivity index (χ1v) is 7.43. The molecule has 2 rings (SSSR count). The summed E-state index contributed by atoms with van der Waals surface area (Å²) in [7, 11) is 0. The van der Waals surface area contributed by atoms with Gasteiger partial charge in [-0.1, -0.05) is 11.6 Å². The Morgan fingerprint density at radius 1 is 1.30 bits per heavy atom. The van der Waals surface area contributed by atoms with E-state index in [2.05, 4.69) is 10.6 Å². The third-order valence-electron chi connectivity index (χ3n) is 2.97. The second-order valence-corrected chi connectivity index (χ2v) is 5.11. The van der Waals surface area contributed by atoms with Gasteiger partial charge >= 0.3 is 5.97 Å². The predicted molar refractivity (Wildman–Crippen MR) is 87.7 cm³/mol. The van der Waals surface area contributed by atoms with Crippen LogP contribution in [0, 0.1) is 0 Å². The van der Waals surface area contributed by atoms with E-state index in [1.807, 2.05) is 0 Å². The van der Waals surface area contributed by atoms with Crippen molar-refractivity contribution in [2.45, 2.75) is 20.4 Å². The molecule has 1 amide bonds. The number of amides is 1. The van der Waals surface area contributed by atoms with Gasteiger partial charge in [0.1, 0.15) is 11.3 Å². The molecule has 7 heteroatoms. The van der Waals surface area contributed by atoms with Crippen molar-refractivity contribution < 1.29 is 18.7 Å². The fourth-order valence-corrected chi connectivity index (χ4v) is 2.17. The van der Waals surface area contributed by atoms with E-state index >= 15 is 0 Å². The van der Waals surface area contributed by atoms with Crippen LogP contribution in [0.15, 0.2) is 34.9 Å². The monoisotopic (exact) mass is 336 g/mol.